The van der Waals surface area contributed by atoms with Gasteiger partial charge >= 0.3 is 0 Å². The third-order valence-corrected chi connectivity index (χ3v) is 2.86. The lowest BCUT2D eigenvalue weighted by atomic mass is 10.2. The lowest BCUT2D eigenvalue weighted by molar-refractivity contribution is 1.10. The Labute approximate surface area is 109 Å². The number of rotatable bonds is 2. The van der Waals surface area contributed by atoms with Gasteiger partial charge in [0, 0.05) is 23.5 Å². The van der Waals surface area contributed by atoms with Gasteiger partial charge in [0.1, 0.15) is 0 Å². The maximum Gasteiger partial charge on any atom is 0.183 e. The summed E-state index contributed by atoms with van der Waals surface area (Å²) in [7, 11) is 0. The Hall–Kier alpha value is -2.20. The normalized spacial score (nSPS) is 10.5. The number of aromatic amines is 1. The minimum atomic E-state index is 0.609. The zero-order chi connectivity index (χ0) is 12.4. The summed E-state index contributed by atoms with van der Waals surface area (Å²) in [5, 5.41) is 7.70. The van der Waals surface area contributed by atoms with Crippen LogP contribution >= 0.6 is 11.6 Å². The molecule has 0 spiro atoms. The zero-order valence-electron chi connectivity index (χ0n) is 9.34. The molecule has 0 saturated carbocycles. The fourth-order valence-corrected chi connectivity index (χ4v) is 1.88. The van der Waals surface area contributed by atoms with E-state index in [4.69, 9.17) is 11.6 Å². The highest BCUT2D eigenvalue weighted by molar-refractivity contribution is 6.33. The number of halogens is 1. The summed E-state index contributed by atoms with van der Waals surface area (Å²) in [4.78, 5) is 8.46. The van der Waals surface area contributed by atoms with E-state index >= 15 is 0 Å². The van der Waals surface area contributed by atoms with Crippen LogP contribution < -0.4 is 0 Å². The molecule has 0 amide bonds. The largest absolute Gasteiger partial charge is 0.264 e. The highest BCUT2D eigenvalue weighted by Crippen LogP contribution is 2.25. The second kappa shape index (κ2) is 4.58. The summed E-state index contributed by atoms with van der Waals surface area (Å²) >= 11 is 6.11. The van der Waals surface area contributed by atoms with Gasteiger partial charge in [-0.3, -0.25) is 10.1 Å². The molecule has 3 aromatic rings. The van der Waals surface area contributed by atoms with E-state index in [9.17, 15) is 0 Å². The van der Waals surface area contributed by atoms with Crippen LogP contribution in [-0.2, 0) is 0 Å². The third-order valence-electron chi connectivity index (χ3n) is 2.53. The lowest BCUT2D eigenvalue weighted by Gasteiger charge is -1.97. The predicted octanol–water partition coefficient (Wildman–Crippen LogP) is 3.19. The number of nitrogens with zero attached hydrogens (tertiary/aromatic N) is 3. The molecule has 3 rings (SSSR count). The number of aromatic nitrogens is 4. The van der Waals surface area contributed by atoms with E-state index < -0.39 is 0 Å². The topological polar surface area (TPSA) is 54.5 Å². The van der Waals surface area contributed by atoms with Crippen molar-refractivity contribution in [2.75, 3.05) is 0 Å². The van der Waals surface area contributed by atoms with Crippen molar-refractivity contribution in [3.63, 3.8) is 0 Å². The number of benzene rings is 1. The molecule has 5 heteroatoms. The van der Waals surface area contributed by atoms with Gasteiger partial charge < -0.3 is 0 Å². The van der Waals surface area contributed by atoms with Gasteiger partial charge in [-0.1, -0.05) is 23.7 Å². The van der Waals surface area contributed by atoms with Crippen molar-refractivity contribution in [1.29, 1.82) is 0 Å². The molecule has 4 nitrogen and oxygen atoms in total. The minimum absolute atomic E-state index is 0.609. The van der Waals surface area contributed by atoms with Gasteiger partial charge in [0.25, 0.3) is 0 Å². The van der Waals surface area contributed by atoms with E-state index in [2.05, 4.69) is 20.2 Å². The molecule has 0 aliphatic carbocycles. The first-order valence-electron chi connectivity index (χ1n) is 5.42. The molecule has 2 aromatic heterocycles. The van der Waals surface area contributed by atoms with E-state index in [0.717, 1.165) is 11.1 Å². The van der Waals surface area contributed by atoms with Gasteiger partial charge in [0.15, 0.2) is 11.6 Å². The summed E-state index contributed by atoms with van der Waals surface area (Å²) in [6, 6.07) is 11.3. The summed E-state index contributed by atoms with van der Waals surface area (Å²) in [5.41, 5.74) is 1.70. The lowest BCUT2D eigenvalue weighted by Crippen LogP contribution is -1.82. The molecule has 0 aliphatic heterocycles. The summed E-state index contributed by atoms with van der Waals surface area (Å²) in [6.07, 6.45) is 3.44. The van der Waals surface area contributed by atoms with Gasteiger partial charge in [-0.15, -0.1) is 0 Å². The van der Waals surface area contributed by atoms with Crippen LogP contribution in [0.2, 0.25) is 5.02 Å². The average molecular weight is 257 g/mol. The number of pyridine rings is 1. The van der Waals surface area contributed by atoms with Crippen molar-refractivity contribution in [2.24, 2.45) is 0 Å². The van der Waals surface area contributed by atoms with Crippen molar-refractivity contribution in [1.82, 2.24) is 20.2 Å². The maximum atomic E-state index is 6.11. The molecule has 0 bridgehead atoms. The van der Waals surface area contributed by atoms with E-state index in [-0.39, 0.29) is 0 Å². The van der Waals surface area contributed by atoms with E-state index in [1.54, 1.807) is 12.4 Å². The molecule has 2 heterocycles. The standard InChI is InChI=1S/C13H9ClN4/c14-11-6-2-1-5-10(11)13-16-12(17-18-13)9-4-3-7-15-8-9/h1-8H,(H,16,17,18). The second-order valence-electron chi connectivity index (χ2n) is 3.73. The predicted molar refractivity (Wildman–Crippen MR) is 70.1 cm³/mol. The SMILES string of the molecule is Clc1ccccc1-c1nc(-c2cccnc2)n[nH]1. The molecule has 0 fully saturated rings. The van der Waals surface area contributed by atoms with E-state index in [1.165, 1.54) is 0 Å². The maximum absolute atomic E-state index is 6.11. The van der Waals surface area contributed by atoms with E-state index in [1.807, 2.05) is 36.4 Å². The van der Waals surface area contributed by atoms with Crippen molar-refractivity contribution in [2.45, 2.75) is 0 Å². The Morgan fingerprint density at radius 1 is 1.06 bits per heavy atom. The van der Waals surface area contributed by atoms with Gasteiger partial charge in [0.2, 0.25) is 0 Å². The molecular formula is C13H9ClN4. The quantitative estimate of drug-likeness (QED) is 0.766. The van der Waals surface area contributed by atoms with Crippen molar-refractivity contribution in [3.05, 3.63) is 53.8 Å². The van der Waals surface area contributed by atoms with Crippen LogP contribution in [0, 0.1) is 0 Å². The first kappa shape index (κ1) is 10.9. The molecule has 18 heavy (non-hydrogen) atoms. The van der Waals surface area contributed by atoms with Crippen molar-refractivity contribution in [3.8, 4) is 22.8 Å². The molecule has 1 N–H and O–H groups in total. The Kier molecular flexibility index (Phi) is 2.78. The van der Waals surface area contributed by atoms with Gasteiger partial charge in [-0.05, 0) is 24.3 Å². The second-order valence-corrected chi connectivity index (χ2v) is 4.14. The molecular weight excluding hydrogens is 248 g/mol. The van der Waals surface area contributed by atoms with Crippen LogP contribution in [0.4, 0.5) is 0 Å². The molecule has 0 radical (unpaired) electrons. The fourth-order valence-electron chi connectivity index (χ4n) is 1.66. The average Bonchev–Trinajstić information content (AvgIpc) is 2.90. The number of nitrogens with one attached hydrogen (secondary N) is 1. The number of hydrogen-bond acceptors (Lipinski definition) is 3. The van der Waals surface area contributed by atoms with Crippen LogP contribution in [-0.4, -0.2) is 20.2 Å². The number of H-pyrrole nitrogens is 1. The summed E-state index contributed by atoms with van der Waals surface area (Å²) in [5.74, 6) is 1.26. The first-order chi connectivity index (χ1) is 8.84. The molecule has 0 aliphatic rings. The van der Waals surface area contributed by atoms with Crippen LogP contribution in [0.15, 0.2) is 48.8 Å². The highest BCUT2D eigenvalue weighted by atomic mass is 35.5. The molecule has 0 atom stereocenters. The third kappa shape index (κ3) is 1.98. The van der Waals surface area contributed by atoms with Crippen molar-refractivity contribution < 1.29 is 0 Å². The Balaban J connectivity index is 2.03. The smallest absolute Gasteiger partial charge is 0.183 e. The van der Waals surface area contributed by atoms with Crippen LogP contribution in [0.1, 0.15) is 0 Å². The first-order valence-corrected chi connectivity index (χ1v) is 5.80. The van der Waals surface area contributed by atoms with Gasteiger partial charge in [0.05, 0.1) is 5.02 Å². The summed E-state index contributed by atoms with van der Waals surface area (Å²) in [6.45, 7) is 0. The van der Waals surface area contributed by atoms with Crippen molar-refractivity contribution >= 4 is 11.6 Å². The molecule has 88 valence electrons. The van der Waals surface area contributed by atoms with Crippen LogP contribution in [0.3, 0.4) is 0 Å². The molecule has 1 aromatic carbocycles. The van der Waals surface area contributed by atoms with E-state index in [0.29, 0.717) is 16.7 Å². The van der Waals surface area contributed by atoms with Crippen LogP contribution in [0.25, 0.3) is 22.8 Å². The monoisotopic (exact) mass is 256 g/mol. The molecule has 0 unspecified atom stereocenters. The highest BCUT2D eigenvalue weighted by Gasteiger charge is 2.09. The Morgan fingerprint density at radius 3 is 2.72 bits per heavy atom. The Bertz CT molecular complexity index is 664. The zero-order valence-corrected chi connectivity index (χ0v) is 10.1. The molecule has 0 saturated heterocycles. The fraction of sp³-hybridized carbons (Fsp3) is 0. The minimum Gasteiger partial charge on any atom is -0.264 e. The Morgan fingerprint density at radius 2 is 1.94 bits per heavy atom. The van der Waals surface area contributed by atoms with Crippen LogP contribution in [0.5, 0.6) is 0 Å². The van der Waals surface area contributed by atoms with Gasteiger partial charge in [-0.2, -0.15) is 5.10 Å². The number of hydrogen-bond donors (Lipinski definition) is 1. The van der Waals surface area contributed by atoms with Gasteiger partial charge in [-0.25, -0.2) is 4.98 Å². The summed E-state index contributed by atoms with van der Waals surface area (Å²) < 4.78 is 0.